The molecule has 28 heavy (non-hydrogen) atoms. The first kappa shape index (κ1) is 18.4. The van der Waals surface area contributed by atoms with E-state index in [4.69, 9.17) is 21.1 Å². The number of para-hydroxylation sites is 2. The molecule has 0 saturated carbocycles. The fourth-order valence-corrected chi connectivity index (χ4v) is 3.35. The van der Waals surface area contributed by atoms with Gasteiger partial charge in [-0.2, -0.15) is 0 Å². The summed E-state index contributed by atoms with van der Waals surface area (Å²) in [6.07, 6.45) is 1.30. The number of aromatic nitrogens is 1. The number of benzene rings is 1. The minimum absolute atomic E-state index is 0.0545. The van der Waals surface area contributed by atoms with E-state index >= 15 is 0 Å². The molecule has 2 aliphatic heterocycles. The summed E-state index contributed by atoms with van der Waals surface area (Å²) in [6.45, 7) is 1.82. The summed E-state index contributed by atoms with van der Waals surface area (Å²) in [5.74, 6) is 0.716. The maximum Gasteiger partial charge on any atom is 0.283 e. The van der Waals surface area contributed by atoms with Crippen molar-refractivity contribution in [3.8, 4) is 11.5 Å². The van der Waals surface area contributed by atoms with Gasteiger partial charge in [0, 0.05) is 18.7 Å². The Morgan fingerprint density at radius 1 is 1.11 bits per heavy atom. The first-order valence-electron chi connectivity index (χ1n) is 9.01. The molecule has 0 spiro atoms. The molecule has 0 radical (unpaired) electrons. The molecule has 8 nitrogen and oxygen atoms in total. The van der Waals surface area contributed by atoms with Crippen LogP contribution in [0.4, 0.5) is 5.82 Å². The van der Waals surface area contributed by atoms with Crippen LogP contribution in [0, 0.1) is 0 Å². The van der Waals surface area contributed by atoms with Crippen LogP contribution in [0.15, 0.2) is 36.4 Å². The fraction of sp³-hybridized carbons (Fsp3) is 0.316. The summed E-state index contributed by atoms with van der Waals surface area (Å²) in [4.78, 5) is 31.1. The minimum Gasteiger partial charge on any atom is -0.485 e. The van der Waals surface area contributed by atoms with Crippen LogP contribution in [0.5, 0.6) is 11.5 Å². The maximum absolute atomic E-state index is 12.4. The van der Waals surface area contributed by atoms with E-state index in [9.17, 15) is 9.59 Å². The average molecular weight is 403 g/mol. The molecule has 1 fully saturated rings. The minimum atomic E-state index is -0.864. The summed E-state index contributed by atoms with van der Waals surface area (Å²) in [5.41, 5.74) is 5.07. The zero-order valence-corrected chi connectivity index (χ0v) is 15.7. The van der Waals surface area contributed by atoms with E-state index in [1.54, 1.807) is 24.3 Å². The molecule has 0 unspecified atom stereocenters. The topological polar surface area (TPSA) is 92.8 Å². The predicted molar refractivity (Wildman–Crippen MR) is 103 cm³/mol. The van der Waals surface area contributed by atoms with Crippen LogP contribution in [0.2, 0.25) is 5.15 Å². The van der Waals surface area contributed by atoms with Crippen LogP contribution >= 0.6 is 11.6 Å². The van der Waals surface area contributed by atoms with Gasteiger partial charge >= 0.3 is 0 Å². The second-order valence-electron chi connectivity index (χ2n) is 6.54. The maximum atomic E-state index is 12.4. The third-order valence-electron chi connectivity index (χ3n) is 4.57. The Morgan fingerprint density at radius 2 is 1.86 bits per heavy atom. The van der Waals surface area contributed by atoms with Gasteiger partial charge in [0.2, 0.25) is 6.10 Å². The highest BCUT2D eigenvalue weighted by Crippen LogP contribution is 2.30. The van der Waals surface area contributed by atoms with Crippen LogP contribution in [-0.4, -0.2) is 42.6 Å². The van der Waals surface area contributed by atoms with E-state index in [1.807, 2.05) is 6.07 Å². The molecule has 1 atom stereocenters. The molecule has 2 aliphatic rings. The van der Waals surface area contributed by atoms with Gasteiger partial charge in [0.15, 0.2) is 11.5 Å². The number of nitrogens with zero attached hydrogens (tertiary/aromatic N) is 2. The van der Waals surface area contributed by atoms with Crippen molar-refractivity contribution in [2.75, 3.05) is 24.6 Å². The van der Waals surface area contributed by atoms with Gasteiger partial charge in [0.05, 0.1) is 0 Å². The molecule has 1 saturated heterocycles. The number of carbonyl (C=O) groups excluding carboxylic acids is 2. The van der Waals surface area contributed by atoms with E-state index in [-0.39, 0.29) is 11.8 Å². The molecular formula is C19H19ClN4O4. The molecule has 2 aromatic rings. The molecule has 4 rings (SSSR count). The van der Waals surface area contributed by atoms with Crippen molar-refractivity contribution in [2.24, 2.45) is 0 Å². The Hall–Kier alpha value is -3.00. The number of hydrogen-bond acceptors (Lipinski definition) is 6. The largest absolute Gasteiger partial charge is 0.485 e. The molecule has 0 bridgehead atoms. The number of rotatable bonds is 3. The number of anilines is 1. The summed E-state index contributed by atoms with van der Waals surface area (Å²) in [7, 11) is 0. The summed E-state index contributed by atoms with van der Waals surface area (Å²) < 4.78 is 11.1. The first-order chi connectivity index (χ1) is 13.6. The van der Waals surface area contributed by atoms with Gasteiger partial charge in [-0.25, -0.2) is 4.98 Å². The number of amides is 2. The van der Waals surface area contributed by atoms with Crippen LogP contribution in [-0.2, 0) is 4.79 Å². The second kappa shape index (κ2) is 7.93. The normalized spacial score (nSPS) is 17.9. The lowest BCUT2D eigenvalue weighted by molar-refractivity contribution is -0.131. The van der Waals surface area contributed by atoms with Crippen molar-refractivity contribution in [3.05, 3.63) is 47.1 Å². The van der Waals surface area contributed by atoms with Gasteiger partial charge in [-0.1, -0.05) is 23.7 Å². The summed E-state index contributed by atoms with van der Waals surface area (Å²) >= 11 is 6.06. The Kier molecular flexibility index (Phi) is 5.21. The van der Waals surface area contributed by atoms with Gasteiger partial charge in [-0.15, -0.1) is 0 Å². The zero-order valence-electron chi connectivity index (χ0n) is 15.0. The summed E-state index contributed by atoms with van der Waals surface area (Å²) in [5, 5.41) is 0.224. The average Bonchev–Trinajstić information content (AvgIpc) is 3.26. The smallest absolute Gasteiger partial charge is 0.283 e. The molecule has 146 valence electrons. The number of halogens is 1. The van der Waals surface area contributed by atoms with Crippen LogP contribution in [0.25, 0.3) is 0 Å². The van der Waals surface area contributed by atoms with Crippen molar-refractivity contribution in [2.45, 2.75) is 18.9 Å². The quantitative estimate of drug-likeness (QED) is 0.602. The molecule has 1 aromatic heterocycles. The van der Waals surface area contributed by atoms with E-state index in [1.165, 1.54) is 6.07 Å². The Labute approximate surface area is 166 Å². The molecule has 2 amide bonds. The standard InChI is InChI=1S/C19H19ClN4O4/c20-16-9-12(10-17(21-16)24-7-3-4-8-24)18(25)22-23-19(26)15-11-27-13-5-1-2-6-14(13)28-15/h1-2,5-6,9-10,15H,3-4,7-8,11H2,(H,22,25)(H,23,26)/t15-/m1/s1. The fourth-order valence-electron chi connectivity index (χ4n) is 3.14. The number of hydrazine groups is 1. The SMILES string of the molecule is O=C(NNC(=O)[C@H]1COc2ccccc2O1)c1cc(Cl)nc(N2CCCC2)c1. The first-order valence-corrected chi connectivity index (χ1v) is 9.39. The van der Waals surface area contributed by atoms with Crippen LogP contribution < -0.4 is 25.2 Å². The second-order valence-corrected chi connectivity index (χ2v) is 6.93. The van der Waals surface area contributed by atoms with Gasteiger partial charge in [-0.05, 0) is 37.1 Å². The number of nitrogens with one attached hydrogen (secondary N) is 2. The number of carbonyl (C=O) groups is 2. The van der Waals surface area contributed by atoms with Crippen LogP contribution in [0.1, 0.15) is 23.2 Å². The van der Waals surface area contributed by atoms with Crippen molar-refractivity contribution >= 4 is 29.2 Å². The monoisotopic (exact) mass is 402 g/mol. The third-order valence-corrected chi connectivity index (χ3v) is 4.77. The zero-order chi connectivity index (χ0) is 19.5. The molecule has 1 aromatic carbocycles. The number of ether oxygens (including phenoxy) is 2. The van der Waals surface area contributed by atoms with Gasteiger partial charge < -0.3 is 14.4 Å². The van der Waals surface area contributed by atoms with Gasteiger partial charge in [-0.3, -0.25) is 20.4 Å². The number of hydrogen-bond donors (Lipinski definition) is 2. The molecule has 2 N–H and O–H groups in total. The lowest BCUT2D eigenvalue weighted by atomic mass is 10.2. The van der Waals surface area contributed by atoms with Gasteiger partial charge in [0.25, 0.3) is 11.8 Å². The highest BCUT2D eigenvalue weighted by atomic mass is 35.5. The predicted octanol–water partition coefficient (Wildman–Crippen LogP) is 1.94. The van der Waals surface area contributed by atoms with E-state index < -0.39 is 17.9 Å². The van der Waals surface area contributed by atoms with Crippen molar-refractivity contribution in [1.29, 1.82) is 0 Å². The molecule has 9 heteroatoms. The van der Waals surface area contributed by atoms with Crippen molar-refractivity contribution < 1.29 is 19.1 Å². The number of fused-ring (bicyclic) bond motifs is 1. The Morgan fingerprint density at radius 3 is 2.64 bits per heavy atom. The summed E-state index contributed by atoms with van der Waals surface area (Å²) in [6, 6.07) is 10.2. The van der Waals surface area contributed by atoms with Crippen molar-refractivity contribution in [3.63, 3.8) is 0 Å². The lowest BCUT2D eigenvalue weighted by Crippen LogP contribution is -2.50. The molecular weight excluding hydrogens is 384 g/mol. The van der Waals surface area contributed by atoms with E-state index in [0.29, 0.717) is 22.9 Å². The van der Waals surface area contributed by atoms with Gasteiger partial charge in [0.1, 0.15) is 17.6 Å². The van der Waals surface area contributed by atoms with Crippen molar-refractivity contribution in [1.82, 2.24) is 15.8 Å². The van der Waals surface area contributed by atoms with E-state index in [0.717, 1.165) is 25.9 Å². The third kappa shape index (κ3) is 3.96. The number of pyridine rings is 1. The molecule has 3 heterocycles. The van der Waals surface area contributed by atoms with Crippen LogP contribution in [0.3, 0.4) is 0 Å². The Bertz CT molecular complexity index is 901. The Balaban J connectivity index is 1.37. The van der Waals surface area contributed by atoms with E-state index in [2.05, 4.69) is 20.7 Å². The highest BCUT2D eigenvalue weighted by molar-refractivity contribution is 6.30. The molecule has 0 aliphatic carbocycles. The lowest BCUT2D eigenvalue weighted by Gasteiger charge is -2.25. The highest BCUT2D eigenvalue weighted by Gasteiger charge is 2.27.